The summed E-state index contributed by atoms with van der Waals surface area (Å²) >= 11 is 0. The molecule has 0 saturated carbocycles. The van der Waals surface area contributed by atoms with Gasteiger partial charge in [-0.15, -0.1) is 24.0 Å². The molecule has 166 valence electrons. The first-order valence-corrected chi connectivity index (χ1v) is 10.8. The number of benzene rings is 1. The average molecular weight is 518 g/mol. The minimum atomic E-state index is 0. The van der Waals surface area contributed by atoms with Crippen molar-refractivity contribution in [3.05, 3.63) is 29.8 Å². The van der Waals surface area contributed by atoms with E-state index >= 15 is 0 Å². The number of halogens is 1. The Morgan fingerprint density at radius 1 is 1.17 bits per heavy atom. The summed E-state index contributed by atoms with van der Waals surface area (Å²) in [6.07, 6.45) is 4.68. The zero-order valence-electron chi connectivity index (χ0n) is 18.3. The summed E-state index contributed by atoms with van der Waals surface area (Å²) in [5, 5.41) is 6.83. The molecule has 0 aromatic heterocycles. The van der Waals surface area contributed by atoms with E-state index in [1.54, 1.807) is 7.11 Å². The lowest BCUT2D eigenvalue weighted by atomic mass is 10.1. The highest BCUT2D eigenvalue weighted by Crippen LogP contribution is 2.27. The topological polar surface area (TPSA) is 58.1 Å². The fourth-order valence-electron chi connectivity index (χ4n) is 3.53. The van der Waals surface area contributed by atoms with Crippen LogP contribution in [-0.4, -0.2) is 63.9 Å². The first-order chi connectivity index (χ1) is 13.8. The predicted molar refractivity (Wildman–Crippen MR) is 132 cm³/mol. The second-order valence-corrected chi connectivity index (χ2v) is 7.09. The Labute approximate surface area is 193 Å². The summed E-state index contributed by atoms with van der Waals surface area (Å²) in [4.78, 5) is 7.45. The van der Waals surface area contributed by atoms with Gasteiger partial charge in [-0.1, -0.05) is 12.1 Å². The standard InChI is InChI=1S/C22H38N4O2.HI/c1-4-23-22(24-13-6-9-16-28-5-2)25-18-21(26-14-7-8-15-26)19-11-10-12-20(17-19)27-3;/h10-12,17,21H,4-9,13-16,18H2,1-3H3,(H2,23,24,25);1H. The fourth-order valence-corrected chi connectivity index (χ4v) is 3.53. The first-order valence-electron chi connectivity index (χ1n) is 10.8. The van der Waals surface area contributed by atoms with Gasteiger partial charge in [-0.3, -0.25) is 9.89 Å². The number of aliphatic imine (C=N–C) groups is 1. The number of ether oxygens (including phenoxy) is 2. The second-order valence-electron chi connectivity index (χ2n) is 7.09. The molecule has 7 heteroatoms. The Morgan fingerprint density at radius 2 is 1.97 bits per heavy atom. The molecule has 2 N–H and O–H groups in total. The molecule has 1 aromatic rings. The van der Waals surface area contributed by atoms with E-state index in [-0.39, 0.29) is 30.0 Å². The van der Waals surface area contributed by atoms with Gasteiger partial charge >= 0.3 is 0 Å². The molecule has 0 aliphatic carbocycles. The van der Waals surface area contributed by atoms with E-state index in [1.807, 2.05) is 13.0 Å². The number of nitrogens with one attached hydrogen (secondary N) is 2. The van der Waals surface area contributed by atoms with Crippen LogP contribution in [0, 0.1) is 0 Å². The SMILES string of the molecule is CCNC(=NCC(c1cccc(OC)c1)N1CCCC1)NCCCCOCC.I. The molecule has 2 rings (SSSR count). The third kappa shape index (κ3) is 9.53. The lowest BCUT2D eigenvalue weighted by Crippen LogP contribution is -2.39. The van der Waals surface area contributed by atoms with E-state index in [4.69, 9.17) is 14.5 Å². The minimum Gasteiger partial charge on any atom is -0.497 e. The predicted octanol–water partition coefficient (Wildman–Crippen LogP) is 3.82. The summed E-state index contributed by atoms with van der Waals surface area (Å²) in [7, 11) is 1.72. The minimum absolute atomic E-state index is 0. The number of hydrogen-bond donors (Lipinski definition) is 2. The largest absolute Gasteiger partial charge is 0.497 e. The van der Waals surface area contributed by atoms with Gasteiger partial charge in [-0.2, -0.15) is 0 Å². The average Bonchev–Trinajstić information content (AvgIpc) is 3.25. The summed E-state index contributed by atoms with van der Waals surface area (Å²) in [6, 6.07) is 8.69. The quantitative estimate of drug-likeness (QED) is 0.191. The lowest BCUT2D eigenvalue weighted by molar-refractivity contribution is 0.143. The van der Waals surface area contributed by atoms with Crippen LogP contribution in [0.25, 0.3) is 0 Å². The Morgan fingerprint density at radius 3 is 2.66 bits per heavy atom. The molecule has 6 nitrogen and oxygen atoms in total. The number of guanidine groups is 1. The maximum Gasteiger partial charge on any atom is 0.191 e. The van der Waals surface area contributed by atoms with Gasteiger partial charge in [0.05, 0.1) is 19.7 Å². The number of nitrogens with zero attached hydrogens (tertiary/aromatic N) is 2. The molecule has 0 amide bonds. The van der Waals surface area contributed by atoms with Crippen LogP contribution >= 0.6 is 24.0 Å². The molecule has 29 heavy (non-hydrogen) atoms. The van der Waals surface area contributed by atoms with E-state index in [2.05, 4.69) is 40.7 Å². The van der Waals surface area contributed by atoms with Crippen LogP contribution < -0.4 is 15.4 Å². The van der Waals surface area contributed by atoms with Crippen molar-refractivity contribution < 1.29 is 9.47 Å². The van der Waals surface area contributed by atoms with Crippen LogP contribution in [0.1, 0.15) is 51.1 Å². The molecule has 1 heterocycles. The van der Waals surface area contributed by atoms with Crippen molar-refractivity contribution in [3.63, 3.8) is 0 Å². The molecular weight excluding hydrogens is 479 g/mol. The normalized spacial score (nSPS) is 15.6. The Kier molecular flexibility index (Phi) is 14.1. The molecule has 1 aliphatic rings. The zero-order valence-corrected chi connectivity index (χ0v) is 20.6. The van der Waals surface area contributed by atoms with Crippen LogP contribution in [0.15, 0.2) is 29.3 Å². The third-order valence-corrected chi connectivity index (χ3v) is 5.04. The van der Waals surface area contributed by atoms with E-state index in [0.29, 0.717) is 0 Å². The van der Waals surface area contributed by atoms with Crippen LogP contribution in [0.2, 0.25) is 0 Å². The molecule has 0 bridgehead atoms. The highest BCUT2D eigenvalue weighted by atomic mass is 127. The van der Waals surface area contributed by atoms with Gasteiger partial charge in [-0.25, -0.2) is 0 Å². The molecule has 0 spiro atoms. The van der Waals surface area contributed by atoms with Crippen molar-refractivity contribution >= 4 is 29.9 Å². The highest BCUT2D eigenvalue weighted by molar-refractivity contribution is 14.0. The molecular formula is C22H39IN4O2. The molecule has 1 atom stereocenters. The van der Waals surface area contributed by atoms with Crippen LogP contribution in [0.5, 0.6) is 5.75 Å². The fraction of sp³-hybridized carbons (Fsp3) is 0.682. The number of methoxy groups -OCH3 is 1. The van der Waals surface area contributed by atoms with Crippen LogP contribution in [-0.2, 0) is 4.74 Å². The van der Waals surface area contributed by atoms with E-state index in [0.717, 1.165) is 70.5 Å². The lowest BCUT2D eigenvalue weighted by Gasteiger charge is -2.27. The van der Waals surface area contributed by atoms with Crippen molar-refractivity contribution in [1.29, 1.82) is 0 Å². The monoisotopic (exact) mass is 518 g/mol. The number of rotatable bonds is 12. The van der Waals surface area contributed by atoms with Gasteiger partial charge in [0.25, 0.3) is 0 Å². The molecule has 1 aliphatic heterocycles. The van der Waals surface area contributed by atoms with E-state index in [1.165, 1.54) is 18.4 Å². The van der Waals surface area contributed by atoms with Crippen molar-refractivity contribution in [2.45, 2.75) is 45.6 Å². The van der Waals surface area contributed by atoms with E-state index < -0.39 is 0 Å². The number of hydrogen-bond acceptors (Lipinski definition) is 4. The highest BCUT2D eigenvalue weighted by Gasteiger charge is 2.23. The molecule has 1 saturated heterocycles. The van der Waals surface area contributed by atoms with Gasteiger partial charge in [0.1, 0.15) is 5.75 Å². The first kappa shape index (κ1) is 26.0. The molecule has 0 radical (unpaired) electrons. The summed E-state index contributed by atoms with van der Waals surface area (Å²) < 4.78 is 10.8. The third-order valence-electron chi connectivity index (χ3n) is 5.04. The van der Waals surface area contributed by atoms with Gasteiger partial charge in [-0.05, 0) is 70.3 Å². The Balaban J connectivity index is 0.00000420. The summed E-state index contributed by atoms with van der Waals surface area (Å²) in [5.41, 5.74) is 1.28. The molecule has 1 fully saturated rings. The van der Waals surface area contributed by atoms with Gasteiger partial charge < -0.3 is 20.1 Å². The van der Waals surface area contributed by atoms with Crippen LogP contribution in [0.4, 0.5) is 0 Å². The van der Waals surface area contributed by atoms with Crippen molar-refractivity contribution in [1.82, 2.24) is 15.5 Å². The smallest absolute Gasteiger partial charge is 0.191 e. The van der Waals surface area contributed by atoms with Crippen molar-refractivity contribution in [2.24, 2.45) is 4.99 Å². The Hall–Kier alpha value is -1.06. The summed E-state index contributed by atoms with van der Waals surface area (Å²) in [6.45, 7) is 10.5. The maximum atomic E-state index is 5.44. The summed E-state index contributed by atoms with van der Waals surface area (Å²) in [5.74, 6) is 1.80. The van der Waals surface area contributed by atoms with Gasteiger partial charge in [0, 0.05) is 26.3 Å². The zero-order chi connectivity index (χ0) is 20.0. The van der Waals surface area contributed by atoms with Crippen LogP contribution in [0.3, 0.4) is 0 Å². The molecule has 1 unspecified atom stereocenters. The molecule has 1 aromatic carbocycles. The second kappa shape index (κ2) is 15.7. The number of unbranched alkanes of at least 4 members (excludes halogenated alkanes) is 1. The van der Waals surface area contributed by atoms with Gasteiger partial charge in [0.2, 0.25) is 0 Å². The number of likely N-dealkylation sites (tertiary alicyclic amines) is 1. The van der Waals surface area contributed by atoms with E-state index in [9.17, 15) is 0 Å². The Bertz CT molecular complexity index is 580. The van der Waals surface area contributed by atoms with Gasteiger partial charge in [0.15, 0.2) is 5.96 Å². The van der Waals surface area contributed by atoms with Crippen molar-refractivity contribution in [3.8, 4) is 5.75 Å². The maximum absolute atomic E-state index is 5.44. The van der Waals surface area contributed by atoms with Crippen molar-refractivity contribution in [2.75, 3.05) is 53.0 Å².